The summed E-state index contributed by atoms with van der Waals surface area (Å²) in [6, 6.07) is 0. The van der Waals surface area contributed by atoms with Crippen LogP contribution in [0.4, 0.5) is 0 Å². The summed E-state index contributed by atoms with van der Waals surface area (Å²) in [5.74, 6) is -0.633. The molecule has 3 heteroatoms. The molecule has 0 radical (unpaired) electrons. The summed E-state index contributed by atoms with van der Waals surface area (Å²) in [5.41, 5.74) is 1.15. The lowest BCUT2D eigenvalue weighted by Crippen LogP contribution is -2.25. The summed E-state index contributed by atoms with van der Waals surface area (Å²) < 4.78 is 10.9. The Bertz CT molecular complexity index is 184. The average Bonchev–Trinajstić information content (AvgIpc) is 2.30. The van der Waals surface area contributed by atoms with E-state index in [1.165, 1.54) is 0 Å². The highest BCUT2D eigenvalue weighted by molar-refractivity contribution is 5.03. The van der Waals surface area contributed by atoms with Gasteiger partial charge in [-0.1, -0.05) is 5.57 Å². The van der Waals surface area contributed by atoms with E-state index in [-0.39, 0.29) is 12.7 Å². The van der Waals surface area contributed by atoms with Gasteiger partial charge in [-0.2, -0.15) is 0 Å². The molecule has 0 aliphatic carbocycles. The van der Waals surface area contributed by atoms with Gasteiger partial charge in [0, 0.05) is 0 Å². The van der Waals surface area contributed by atoms with E-state index in [0.717, 1.165) is 5.57 Å². The van der Waals surface area contributed by atoms with Crippen molar-refractivity contribution in [2.24, 2.45) is 0 Å². The summed E-state index contributed by atoms with van der Waals surface area (Å²) in [6.45, 7) is 6.33. The Morgan fingerprint density at radius 1 is 1.67 bits per heavy atom. The molecule has 0 unspecified atom stereocenters. The Kier molecular flexibility index (Phi) is 2.88. The van der Waals surface area contributed by atoms with Crippen molar-refractivity contribution in [3.8, 4) is 0 Å². The first kappa shape index (κ1) is 9.71. The number of hydrogen-bond acceptors (Lipinski definition) is 3. The maximum absolute atomic E-state index is 8.81. The zero-order valence-electron chi connectivity index (χ0n) is 7.83. The van der Waals surface area contributed by atoms with E-state index in [4.69, 9.17) is 14.6 Å². The van der Waals surface area contributed by atoms with Gasteiger partial charge in [0.05, 0.1) is 13.2 Å². The predicted molar refractivity (Wildman–Crippen MR) is 45.7 cm³/mol. The second kappa shape index (κ2) is 3.56. The molecule has 0 saturated carbocycles. The lowest BCUT2D eigenvalue weighted by Gasteiger charge is -2.19. The third kappa shape index (κ3) is 2.30. The number of rotatable bonds is 2. The largest absolute Gasteiger partial charge is 0.394 e. The van der Waals surface area contributed by atoms with E-state index in [1.54, 1.807) is 0 Å². The van der Waals surface area contributed by atoms with Crippen molar-refractivity contribution in [1.29, 1.82) is 0 Å². The summed E-state index contributed by atoms with van der Waals surface area (Å²) in [6.07, 6.45) is 1.74. The van der Waals surface area contributed by atoms with E-state index in [2.05, 4.69) is 0 Å². The van der Waals surface area contributed by atoms with Crippen molar-refractivity contribution in [1.82, 2.24) is 0 Å². The predicted octanol–water partition coefficient (Wildman–Crippen LogP) is 1.08. The van der Waals surface area contributed by atoms with Crippen LogP contribution in [0.5, 0.6) is 0 Å². The average molecular weight is 172 g/mol. The number of aliphatic hydroxyl groups is 1. The molecule has 0 aromatic rings. The van der Waals surface area contributed by atoms with Gasteiger partial charge in [0.2, 0.25) is 0 Å². The molecule has 1 fully saturated rings. The SMILES string of the molecule is CC(C)=C[C@]1(C)OC[C@H](CO)O1. The van der Waals surface area contributed by atoms with Gasteiger partial charge in [-0.15, -0.1) is 0 Å². The van der Waals surface area contributed by atoms with Crippen molar-refractivity contribution >= 4 is 0 Å². The normalized spacial score (nSPS) is 35.2. The molecule has 1 aliphatic heterocycles. The van der Waals surface area contributed by atoms with E-state index < -0.39 is 5.79 Å². The van der Waals surface area contributed by atoms with Crippen LogP contribution in [0.1, 0.15) is 20.8 Å². The Balaban J connectivity index is 2.58. The number of aliphatic hydroxyl groups excluding tert-OH is 1. The fraction of sp³-hybridized carbons (Fsp3) is 0.778. The standard InChI is InChI=1S/C9H16O3/c1-7(2)4-9(3)11-6-8(5-10)12-9/h4,8,10H,5-6H2,1-3H3/t8-,9+/m0/s1. The zero-order valence-corrected chi connectivity index (χ0v) is 7.83. The minimum atomic E-state index is -0.633. The number of hydrogen-bond donors (Lipinski definition) is 1. The topological polar surface area (TPSA) is 38.7 Å². The van der Waals surface area contributed by atoms with E-state index >= 15 is 0 Å². The molecule has 0 aromatic heterocycles. The Labute approximate surface area is 73.0 Å². The van der Waals surface area contributed by atoms with Gasteiger partial charge in [0.15, 0.2) is 5.79 Å². The molecule has 0 amide bonds. The highest BCUT2D eigenvalue weighted by Gasteiger charge is 2.34. The van der Waals surface area contributed by atoms with Crippen molar-refractivity contribution in [2.75, 3.05) is 13.2 Å². The molecule has 1 saturated heterocycles. The summed E-state index contributed by atoms with van der Waals surface area (Å²) in [5, 5.41) is 8.81. The van der Waals surface area contributed by atoms with Gasteiger partial charge in [-0.05, 0) is 26.8 Å². The van der Waals surface area contributed by atoms with Gasteiger partial charge < -0.3 is 14.6 Å². The van der Waals surface area contributed by atoms with Crippen LogP contribution in [-0.4, -0.2) is 30.2 Å². The van der Waals surface area contributed by atoms with Gasteiger partial charge >= 0.3 is 0 Å². The Hall–Kier alpha value is -0.380. The van der Waals surface area contributed by atoms with Crippen LogP contribution in [0.2, 0.25) is 0 Å². The Morgan fingerprint density at radius 2 is 2.33 bits per heavy atom. The van der Waals surface area contributed by atoms with Gasteiger partial charge in [-0.25, -0.2) is 0 Å². The minimum Gasteiger partial charge on any atom is -0.394 e. The zero-order chi connectivity index (χ0) is 9.19. The molecule has 70 valence electrons. The minimum absolute atomic E-state index is 0.0200. The monoisotopic (exact) mass is 172 g/mol. The van der Waals surface area contributed by atoms with Gasteiger partial charge in [0.1, 0.15) is 6.10 Å². The molecule has 1 aliphatic rings. The van der Waals surface area contributed by atoms with Crippen LogP contribution in [0, 0.1) is 0 Å². The molecular weight excluding hydrogens is 156 g/mol. The van der Waals surface area contributed by atoms with E-state index in [9.17, 15) is 0 Å². The third-order valence-corrected chi connectivity index (χ3v) is 1.71. The second-order valence-corrected chi connectivity index (χ2v) is 3.47. The number of allylic oxidation sites excluding steroid dienone is 1. The van der Waals surface area contributed by atoms with Crippen LogP contribution >= 0.6 is 0 Å². The first-order chi connectivity index (χ1) is 5.56. The molecule has 3 nitrogen and oxygen atoms in total. The smallest absolute Gasteiger partial charge is 0.185 e. The third-order valence-electron chi connectivity index (χ3n) is 1.71. The maximum atomic E-state index is 8.81. The van der Waals surface area contributed by atoms with Crippen LogP contribution < -0.4 is 0 Å². The summed E-state index contributed by atoms with van der Waals surface area (Å²) in [4.78, 5) is 0. The highest BCUT2D eigenvalue weighted by Crippen LogP contribution is 2.25. The molecular formula is C9H16O3. The first-order valence-electron chi connectivity index (χ1n) is 4.14. The first-order valence-corrected chi connectivity index (χ1v) is 4.14. The maximum Gasteiger partial charge on any atom is 0.185 e. The van der Waals surface area contributed by atoms with Crippen LogP contribution in [0.25, 0.3) is 0 Å². The van der Waals surface area contributed by atoms with Crippen LogP contribution in [0.3, 0.4) is 0 Å². The van der Waals surface area contributed by atoms with Gasteiger partial charge in [-0.3, -0.25) is 0 Å². The van der Waals surface area contributed by atoms with E-state index in [0.29, 0.717) is 6.61 Å². The van der Waals surface area contributed by atoms with Crippen LogP contribution in [-0.2, 0) is 9.47 Å². The second-order valence-electron chi connectivity index (χ2n) is 3.47. The summed E-state index contributed by atoms with van der Waals surface area (Å²) in [7, 11) is 0. The molecule has 12 heavy (non-hydrogen) atoms. The molecule has 0 aromatic carbocycles. The molecule has 1 N–H and O–H groups in total. The van der Waals surface area contributed by atoms with Crippen molar-refractivity contribution < 1.29 is 14.6 Å². The molecule has 2 atom stereocenters. The fourth-order valence-corrected chi connectivity index (χ4v) is 1.35. The molecule has 0 spiro atoms. The number of ether oxygens (including phenoxy) is 2. The molecule has 0 bridgehead atoms. The van der Waals surface area contributed by atoms with E-state index in [1.807, 2.05) is 26.8 Å². The highest BCUT2D eigenvalue weighted by atomic mass is 16.7. The molecule has 1 heterocycles. The Morgan fingerprint density at radius 3 is 2.75 bits per heavy atom. The van der Waals surface area contributed by atoms with Crippen molar-refractivity contribution in [3.63, 3.8) is 0 Å². The van der Waals surface area contributed by atoms with Crippen LogP contribution in [0.15, 0.2) is 11.6 Å². The molecule has 1 rings (SSSR count). The van der Waals surface area contributed by atoms with Crippen molar-refractivity contribution in [3.05, 3.63) is 11.6 Å². The summed E-state index contributed by atoms with van der Waals surface area (Å²) >= 11 is 0. The fourth-order valence-electron chi connectivity index (χ4n) is 1.35. The van der Waals surface area contributed by atoms with Crippen molar-refractivity contribution in [2.45, 2.75) is 32.7 Å². The van der Waals surface area contributed by atoms with Gasteiger partial charge in [0.25, 0.3) is 0 Å². The quantitative estimate of drug-likeness (QED) is 0.633. The lowest BCUT2D eigenvalue weighted by molar-refractivity contribution is -0.119. The lowest BCUT2D eigenvalue weighted by atomic mass is 10.2.